The molecule has 2 rings (SSSR count). The van der Waals surface area contributed by atoms with Crippen LogP contribution in [0.25, 0.3) is 0 Å². The second kappa shape index (κ2) is 6.89. The monoisotopic (exact) mass is 301 g/mol. The van der Waals surface area contributed by atoms with E-state index in [1.165, 1.54) is 10.9 Å². The summed E-state index contributed by atoms with van der Waals surface area (Å²) in [6, 6.07) is 7.66. The van der Waals surface area contributed by atoms with E-state index in [4.69, 9.17) is 0 Å². The number of hydrogen-bond donors (Lipinski definition) is 2. The van der Waals surface area contributed by atoms with Gasteiger partial charge in [-0.05, 0) is 24.5 Å². The van der Waals surface area contributed by atoms with Crippen molar-refractivity contribution in [2.24, 2.45) is 13.0 Å². The third-order valence-electron chi connectivity index (χ3n) is 3.55. The molecule has 0 saturated heterocycles. The van der Waals surface area contributed by atoms with Crippen molar-refractivity contribution in [3.05, 3.63) is 53.3 Å². The van der Waals surface area contributed by atoms with E-state index < -0.39 is 11.9 Å². The molecule has 2 aromatic rings. The first-order valence-corrected chi connectivity index (χ1v) is 7.01. The summed E-state index contributed by atoms with van der Waals surface area (Å²) in [7, 11) is 1.72. The van der Waals surface area contributed by atoms with Crippen molar-refractivity contribution in [3.63, 3.8) is 0 Å². The van der Waals surface area contributed by atoms with Crippen LogP contribution in [0, 0.1) is 12.8 Å². The van der Waals surface area contributed by atoms with Crippen LogP contribution in [0.5, 0.6) is 0 Å². The molecule has 1 amide bonds. The molecular formula is C16H19N3O3. The van der Waals surface area contributed by atoms with Gasteiger partial charge in [0, 0.05) is 19.8 Å². The Labute approximate surface area is 128 Å². The Morgan fingerprint density at radius 1 is 1.36 bits per heavy atom. The second-order valence-corrected chi connectivity index (χ2v) is 5.28. The van der Waals surface area contributed by atoms with Gasteiger partial charge in [0.2, 0.25) is 0 Å². The number of carboxylic acids is 1. The molecule has 0 fully saturated rings. The van der Waals surface area contributed by atoms with E-state index in [1.54, 1.807) is 13.2 Å². The van der Waals surface area contributed by atoms with Crippen LogP contribution >= 0.6 is 0 Å². The lowest BCUT2D eigenvalue weighted by Gasteiger charge is -2.14. The number of aryl methyl sites for hydroxylation is 2. The number of nitrogens with one attached hydrogen (secondary N) is 1. The van der Waals surface area contributed by atoms with Gasteiger partial charge in [-0.1, -0.05) is 24.3 Å². The van der Waals surface area contributed by atoms with Gasteiger partial charge in [0.1, 0.15) is 0 Å². The van der Waals surface area contributed by atoms with Crippen LogP contribution < -0.4 is 5.32 Å². The third kappa shape index (κ3) is 3.94. The van der Waals surface area contributed by atoms with E-state index in [0.717, 1.165) is 11.1 Å². The van der Waals surface area contributed by atoms with E-state index >= 15 is 0 Å². The fourth-order valence-electron chi connectivity index (χ4n) is 2.21. The van der Waals surface area contributed by atoms with E-state index in [2.05, 4.69) is 10.4 Å². The Kier molecular flexibility index (Phi) is 4.93. The fourth-order valence-corrected chi connectivity index (χ4v) is 2.21. The normalized spacial score (nSPS) is 11.9. The molecule has 0 aliphatic heterocycles. The summed E-state index contributed by atoms with van der Waals surface area (Å²) in [6.45, 7) is 2.03. The number of carbonyl (C=O) groups is 2. The maximum absolute atomic E-state index is 11.9. The summed E-state index contributed by atoms with van der Waals surface area (Å²) >= 11 is 0. The zero-order valence-corrected chi connectivity index (χ0v) is 12.6. The van der Waals surface area contributed by atoms with Crippen LogP contribution in [0.1, 0.15) is 21.5 Å². The number of rotatable bonds is 6. The average Bonchev–Trinajstić information content (AvgIpc) is 2.91. The molecule has 0 radical (unpaired) electrons. The highest BCUT2D eigenvalue weighted by atomic mass is 16.4. The molecule has 1 aromatic heterocycles. The molecule has 0 spiro atoms. The third-order valence-corrected chi connectivity index (χ3v) is 3.55. The van der Waals surface area contributed by atoms with Crippen molar-refractivity contribution >= 4 is 11.9 Å². The highest BCUT2D eigenvalue weighted by Crippen LogP contribution is 2.13. The molecule has 1 heterocycles. The minimum absolute atomic E-state index is 0.0807. The molecule has 6 nitrogen and oxygen atoms in total. The molecule has 6 heteroatoms. The Bertz CT molecular complexity index is 679. The molecule has 0 saturated carbocycles. The number of aromatic nitrogens is 2. The highest BCUT2D eigenvalue weighted by molar-refractivity contribution is 5.93. The van der Waals surface area contributed by atoms with Gasteiger partial charge in [-0.2, -0.15) is 5.10 Å². The lowest BCUT2D eigenvalue weighted by molar-refractivity contribution is -0.141. The van der Waals surface area contributed by atoms with Crippen molar-refractivity contribution in [1.29, 1.82) is 0 Å². The minimum Gasteiger partial charge on any atom is -0.481 e. The van der Waals surface area contributed by atoms with Gasteiger partial charge in [-0.15, -0.1) is 0 Å². The summed E-state index contributed by atoms with van der Waals surface area (Å²) in [4.78, 5) is 23.3. The Morgan fingerprint density at radius 3 is 2.68 bits per heavy atom. The molecule has 0 aliphatic rings. The van der Waals surface area contributed by atoms with Crippen LogP contribution in [-0.2, 0) is 18.3 Å². The van der Waals surface area contributed by atoms with Crippen LogP contribution in [0.3, 0.4) is 0 Å². The van der Waals surface area contributed by atoms with Crippen LogP contribution in [0.2, 0.25) is 0 Å². The van der Waals surface area contributed by atoms with Gasteiger partial charge < -0.3 is 10.4 Å². The van der Waals surface area contributed by atoms with Gasteiger partial charge in [0.15, 0.2) is 0 Å². The van der Waals surface area contributed by atoms with Crippen LogP contribution in [-0.4, -0.2) is 33.3 Å². The number of amides is 1. The number of carbonyl (C=O) groups excluding carboxylic acids is 1. The summed E-state index contributed by atoms with van der Waals surface area (Å²) in [6.07, 6.45) is 3.42. The molecule has 0 unspecified atom stereocenters. The van der Waals surface area contributed by atoms with Gasteiger partial charge in [-0.3, -0.25) is 14.3 Å². The van der Waals surface area contributed by atoms with Gasteiger partial charge in [0.05, 0.1) is 17.7 Å². The van der Waals surface area contributed by atoms with Crippen molar-refractivity contribution in [3.8, 4) is 0 Å². The topological polar surface area (TPSA) is 84.2 Å². The zero-order chi connectivity index (χ0) is 16.1. The minimum atomic E-state index is -0.922. The van der Waals surface area contributed by atoms with Crippen molar-refractivity contribution in [1.82, 2.24) is 15.1 Å². The van der Waals surface area contributed by atoms with E-state index in [1.807, 2.05) is 31.2 Å². The molecule has 0 aliphatic carbocycles. The lowest BCUT2D eigenvalue weighted by Crippen LogP contribution is -2.34. The maximum Gasteiger partial charge on any atom is 0.308 e. The highest BCUT2D eigenvalue weighted by Gasteiger charge is 2.20. The number of hydrogen-bond acceptors (Lipinski definition) is 3. The Balaban J connectivity index is 1.99. The molecule has 0 bridgehead atoms. The fraction of sp³-hybridized carbons (Fsp3) is 0.312. The van der Waals surface area contributed by atoms with Gasteiger partial charge in [-0.25, -0.2) is 0 Å². The summed E-state index contributed by atoms with van der Waals surface area (Å²) < 4.78 is 1.52. The molecule has 1 aromatic carbocycles. The Morgan fingerprint density at radius 2 is 2.09 bits per heavy atom. The molecule has 1 atom stereocenters. The zero-order valence-electron chi connectivity index (χ0n) is 12.6. The summed E-state index contributed by atoms with van der Waals surface area (Å²) in [5.74, 6) is -1.90. The van der Waals surface area contributed by atoms with Crippen LogP contribution in [0.15, 0.2) is 36.7 Å². The van der Waals surface area contributed by atoms with Gasteiger partial charge >= 0.3 is 5.97 Å². The first kappa shape index (κ1) is 15.8. The number of aliphatic carboxylic acids is 1. The predicted octanol–water partition coefficient (Wildman–Crippen LogP) is 1.40. The van der Waals surface area contributed by atoms with Crippen molar-refractivity contribution in [2.75, 3.05) is 6.54 Å². The van der Waals surface area contributed by atoms with Crippen molar-refractivity contribution in [2.45, 2.75) is 13.3 Å². The van der Waals surface area contributed by atoms with Crippen LogP contribution in [0.4, 0.5) is 0 Å². The first-order valence-electron chi connectivity index (χ1n) is 7.01. The number of nitrogens with zero attached hydrogens (tertiary/aromatic N) is 2. The molecular weight excluding hydrogens is 282 g/mol. The largest absolute Gasteiger partial charge is 0.481 e. The average molecular weight is 301 g/mol. The standard InChI is InChI=1S/C16H19N3O3/c1-11-5-3-4-6-12(11)7-13(16(21)22)8-17-15(20)14-9-18-19(2)10-14/h3-6,9-10,13H,7-8H2,1-2H3,(H,17,20)(H,21,22)/t13-/m1/s1. The van der Waals surface area contributed by atoms with E-state index in [0.29, 0.717) is 12.0 Å². The van der Waals surface area contributed by atoms with E-state index in [9.17, 15) is 14.7 Å². The first-order chi connectivity index (χ1) is 10.5. The summed E-state index contributed by atoms with van der Waals surface area (Å²) in [5.41, 5.74) is 2.44. The lowest BCUT2D eigenvalue weighted by atomic mass is 9.96. The van der Waals surface area contributed by atoms with Gasteiger partial charge in [0.25, 0.3) is 5.91 Å². The quantitative estimate of drug-likeness (QED) is 0.844. The molecule has 22 heavy (non-hydrogen) atoms. The second-order valence-electron chi connectivity index (χ2n) is 5.28. The Hall–Kier alpha value is -2.63. The number of carboxylic acid groups (broad SMARTS) is 1. The number of benzene rings is 1. The molecule has 2 N–H and O–H groups in total. The maximum atomic E-state index is 11.9. The summed E-state index contributed by atoms with van der Waals surface area (Å²) in [5, 5.41) is 15.9. The smallest absolute Gasteiger partial charge is 0.308 e. The molecule has 116 valence electrons. The SMILES string of the molecule is Cc1ccccc1C[C@H](CNC(=O)c1cnn(C)c1)C(=O)O. The predicted molar refractivity (Wildman–Crippen MR) is 81.6 cm³/mol. The van der Waals surface area contributed by atoms with E-state index in [-0.39, 0.29) is 12.5 Å². The van der Waals surface area contributed by atoms with Crippen molar-refractivity contribution < 1.29 is 14.7 Å².